The van der Waals surface area contributed by atoms with Crippen molar-refractivity contribution in [3.8, 4) is 5.75 Å². The van der Waals surface area contributed by atoms with E-state index in [4.69, 9.17) is 5.73 Å². The minimum atomic E-state index is 0.0571. The summed E-state index contributed by atoms with van der Waals surface area (Å²) in [6.07, 6.45) is 0. The van der Waals surface area contributed by atoms with Gasteiger partial charge in [0.05, 0.1) is 16.7 Å². The van der Waals surface area contributed by atoms with Crippen molar-refractivity contribution in [3.05, 3.63) is 12.1 Å². The summed E-state index contributed by atoms with van der Waals surface area (Å²) in [4.78, 5) is 7.15. The quantitative estimate of drug-likeness (QED) is 0.386. The molecule has 1 aromatic carbocycles. The molecule has 0 saturated carbocycles. The lowest BCUT2D eigenvalue weighted by molar-refractivity contribution is 0.478. The predicted octanol–water partition coefficient (Wildman–Crippen LogP) is 0.892. The van der Waals surface area contributed by atoms with E-state index in [2.05, 4.69) is 15.3 Å². The van der Waals surface area contributed by atoms with E-state index >= 15 is 0 Å². The third-order valence-electron chi connectivity index (χ3n) is 1.87. The molecule has 0 radical (unpaired) electrons. The Morgan fingerprint density at radius 2 is 2.31 bits per heavy atom. The second-order valence-corrected chi connectivity index (χ2v) is 2.76. The van der Waals surface area contributed by atoms with Gasteiger partial charge in [-0.15, -0.1) is 0 Å². The maximum atomic E-state index is 9.30. The van der Waals surface area contributed by atoms with Crippen LogP contribution in [0.4, 0.5) is 11.6 Å². The zero-order valence-electron chi connectivity index (χ0n) is 7.13. The number of nitrogens with one attached hydrogen (secondary N) is 2. The first-order valence-electron chi connectivity index (χ1n) is 3.86. The Balaban J connectivity index is 2.70. The van der Waals surface area contributed by atoms with Gasteiger partial charge in [0.15, 0.2) is 0 Å². The van der Waals surface area contributed by atoms with Crippen LogP contribution in [0.1, 0.15) is 0 Å². The highest BCUT2D eigenvalue weighted by molar-refractivity contribution is 5.83. The zero-order chi connectivity index (χ0) is 9.42. The second-order valence-electron chi connectivity index (χ2n) is 2.76. The van der Waals surface area contributed by atoms with Gasteiger partial charge in [0.25, 0.3) is 0 Å². The van der Waals surface area contributed by atoms with Gasteiger partial charge in [0.2, 0.25) is 5.95 Å². The van der Waals surface area contributed by atoms with E-state index in [9.17, 15) is 5.11 Å². The summed E-state index contributed by atoms with van der Waals surface area (Å²) in [7, 11) is 1.76. The fourth-order valence-electron chi connectivity index (χ4n) is 1.18. The summed E-state index contributed by atoms with van der Waals surface area (Å²) in [5, 5.41) is 12.2. The van der Waals surface area contributed by atoms with Crippen molar-refractivity contribution in [2.75, 3.05) is 18.1 Å². The average molecular weight is 178 g/mol. The van der Waals surface area contributed by atoms with Crippen molar-refractivity contribution >= 4 is 22.7 Å². The number of benzene rings is 1. The molecule has 13 heavy (non-hydrogen) atoms. The van der Waals surface area contributed by atoms with Crippen molar-refractivity contribution in [2.24, 2.45) is 0 Å². The van der Waals surface area contributed by atoms with Crippen LogP contribution in [0.25, 0.3) is 11.0 Å². The summed E-state index contributed by atoms with van der Waals surface area (Å²) < 4.78 is 0. The van der Waals surface area contributed by atoms with E-state index < -0.39 is 0 Å². The maximum absolute atomic E-state index is 9.30. The normalized spacial score (nSPS) is 10.5. The standard InChI is InChI=1S/C8H10N4O/c1-10-8-11-5-2-4(9)7(13)3-6(5)12-8/h2-3,13H,9H2,1H3,(H2,10,11,12). The molecule has 0 spiro atoms. The Labute approximate surface area is 74.6 Å². The van der Waals surface area contributed by atoms with Gasteiger partial charge >= 0.3 is 0 Å². The van der Waals surface area contributed by atoms with Gasteiger partial charge in [-0.2, -0.15) is 0 Å². The van der Waals surface area contributed by atoms with E-state index in [0.29, 0.717) is 17.2 Å². The van der Waals surface area contributed by atoms with Crippen LogP contribution in [0, 0.1) is 0 Å². The van der Waals surface area contributed by atoms with Crippen molar-refractivity contribution in [3.63, 3.8) is 0 Å². The molecule has 0 aliphatic rings. The number of nitrogens with zero attached hydrogens (tertiary/aromatic N) is 1. The first-order chi connectivity index (χ1) is 6.20. The molecule has 2 rings (SSSR count). The number of aromatic hydroxyl groups is 1. The number of H-pyrrole nitrogens is 1. The van der Waals surface area contributed by atoms with Gasteiger partial charge in [-0.05, 0) is 6.07 Å². The fraction of sp³-hybridized carbons (Fsp3) is 0.125. The molecule has 1 aromatic heterocycles. The number of aromatic nitrogens is 2. The summed E-state index contributed by atoms with van der Waals surface area (Å²) in [6.45, 7) is 0. The van der Waals surface area contributed by atoms with Crippen LogP contribution in [0.2, 0.25) is 0 Å². The Hall–Kier alpha value is -1.91. The molecule has 0 amide bonds. The van der Waals surface area contributed by atoms with Gasteiger partial charge in [-0.3, -0.25) is 0 Å². The van der Waals surface area contributed by atoms with Gasteiger partial charge < -0.3 is 21.1 Å². The van der Waals surface area contributed by atoms with Crippen molar-refractivity contribution in [1.29, 1.82) is 0 Å². The molecule has 2 aromatic rings. The zero-order valence-corrected chi connectivity index (χ0v) is 7.13. The van der Waals surface area contributed by atoms with Crippen LogP contribution in [-0.4, -0.2) is 22.1 Å². The van der Waals surface area contributed by atoms with Gasteiger partial charge in [0, 0.05) is 13.1 Å². The number of hydrogen-bond donors (Lipinski definition) is 4. The monoisotopic (exact) mass is 178 g/mol. The molecule has 5 heteroatoms. The van der Waals surface area contributed by atoms with E-state index in [0.717, 1.165) is 5.52 Å². The molecule has 0 aliphatic carbocycles. The number of imidazole rings is 1. The van der Waals surface area contributed by atoms with Crippen molar-refractivity contribution < 1.29 is 5.11 Å². The second kappa shape index (κ2) is 2.55. The number of aromatic amines is 1. The Morgan fingerprint density at radius 1 is 1.54 bits per heavy atom. The number of anilines is 2. The lowest BCUT2D eigenvalue weighted by Crippen LogP contribution is -1.88. The molecule has 0 saturated heterocycles. The van der Waals surface area contributed by atoms with Gasteiger partial charge in [0.1, 0.15) is 5.75 Å². The number of nitrogens with two attached hydrogens (primary N) is 1. The molecule has 0 atom stereocenters. The van der Waals surface area contributed by atoms with Crippen LogP contribution in [0.15, 0.2) is 12.1 Å². The molecule has 5 nitrogen and oxygen atoms in total. The molecule has 0 fully saturated rings. The topological polar surface area (TPSA) is 87.0 Å². The van der Waals surface area contributed by atoms with Crippen molar-refractivity contribution in [1.82, 2.24) is 9.97 Å². The average Bonchev–Trinajstić information content (AvgIpc) is 2.48. The smallest absolute Gasteiger partial charge is 0.200 e. The molecule has 1 heterocycles. The van der Waals surface area contributed by atoms with Crippen molar-refractivity contribution in [2.45, 2.75) is 0 Å². The lowest BCUT2D eigenvalue weighted by Gasteiger charge is -1.95. The van der Waals surface area contributed by atoms with Crippen LogP contribution in [-0.2, 0) is 0 Å². The van der Waals surface area contributed by atoms with Crippen LogP contribution in [0.3, 0.4) is 0 Å². The summed E-state index contributed by atoms with van der Waals surface area (Å²) in [5.41, 5.74) is 7.36. The Morgan fingerprint density at radius 3 is 3.00 bits per heavy atom. The van der Waals surface area contributed by atoms with Gasteiger partial charge in [-0.25, -0.2) is 4.98 Å². The maximum Gasteiger partial charge on any atom is 0.200 e. The van der Waals surface area contributed by atoms with Crippen LogP contribution in [0.5, 0.6) is 5.75 Å². The minimum Gasteiger partial charge on any atom is -0.506 e. The first-order valence-corrected chi connectivity index (χ1v) is 3.86. The van der Waals surface area contributed by atoms with E-state index in [1.165, 1.54) is 6.07 Å². The van der Waals surface area contributed by atoms with E-state index in [1.54, 1.807) is 13.1 Å². The molecule has 68 valence electrons. The largest absolute Gasteiger partial charge is 0.506 e. The summed E-state index contributed by atoms with van der Waals surface area (Å²) in [5.74, 6) is 0.710. The number of hydrogen-bond acceptors (Lipinski definition) is 4. The number of nitrogen functional groups attached to an aromatic ring is 1. The van der Waals surface area contributed by atoms with Crippen LogP contribution >= 0.6 is 0 Å². The molecule has 0 aliphatic heterocycles. The third-order valence-corrected chi connectivity index (χ3v) is 1.87. The van der Waals surface area contributed by atoms with E-state index in [1.807, 2.05) is 0 Å². The van der Waals surface area contributed by atoms with Crippen LogP contribution < -0.4 is 11.1 Å². The third kappa shape index (κ3) is 1.14. The Kier molecular flexibility index (Phi) is 1.51. The lowest BCUT2D eigenvalue weighted by atomic mass is 10.2. The number of phenolic OH excluding ortho intramolecular Hbond substituents is 1. The highest BCUT2D eigenvalue weighted by Crippen LogP contribution is 2.25. The molecular weight excluding hydrogens is 168 g/mol. The molecular formula is C8H10N4O. The van der Waals surface area contributed by atoms with Gasteiger partial charge in [-0.1, -0.05) is 0 Å². The highest BCUT2D eigenvalue weighted by Gasteiger charge is 2.04. The Bertz CT molecular complexity index is 410. The number of fused-ring (bicyclic) bond motifs is 1. The summed E-state index contributed by atoms with van der Waals surface area (Å²) >= 11 is 0. The number of phenols is 1. The SMILES string of the molecule is CNc1nc2cc(O)c(N)cc2[nH]1. The fourth-order valence-corrected chi connectivity index (χ4v) is 1.18. The molecule has 0 bridgehead atoms. The van der Waals surface area contributed by atoms with E-state index in [-0.39, 0.29) is 5.75 Å². The predicted molar refractivity (Wildman–Crippen MR) is 51.7 cm³/mol. The number of rotatable bonds is 1. The first kappa shape index (κ1) is 7.72. The summed E-state index contributed by atoms with van der Waals surface area (Å²) in [6, 6.07) is 3.18. The minimum absolute atomic E-state index is 0.0571. The molecule has 5 N–H and O–H groups in total. The highest BCUT2D eigenvalue weighted by atomic mass is 16.3. The molecule has 0 unspecified atom stereocenters.